The largest absolute Gasteiger partial charge is 0.482 e. The van der Waals surface area contributed by atoms with Crippen molar-refractivity contribution in [3.8, 4) is 5.75 Å². The zero-order valence-electron chi connectivity index (χ0n) is 11.4. The van der Waals surface area contributed by atoms with Crippen LogP contribution in [0.4, 0.5) is 0 Å². The molecule has 1 aliphatic rings. The SMILES string of the molecule is O=C(COc1ccccc1Cl)NN=C1CCCCCC1. The van der Waals surface area contributed by atoms with Gasteiger partial charge >= 0.3 is 0 Å². The van der Waals surface area contributed by atoms with Crippen molar-refractivity contribution in [3.63, 3.8) is 0 Å². The third-order valence-electron chi connectivity index (χ3n) is 3.21. The molecule has 1 N–H and O–H groups in total. The first-order chi connectivity index (χ1) is 9.75. The Balaban J connectivity index is 1.78. The molecule has 0 saturated heterocycles. The molecule has 0 aromatic heterocycles. The van der Waals surface area contributed by atoms with Crippen LogP contribution in [-0.2, 0) is 4.79 Å². The van der Waals surface area contributed by atoms with Gasteiger partial charge in [-0.25, -0.2) is 5.43 Å². The molecule has 2 rings (SSSR count). The van der Waals surface area contributed by atoms with Crippen molar-refractivity contribution in [2.24, 2.45) is 5.10 Å². The van der Waals surface area contributed by atoms with Gasteiger partial charge in [0.25, 0.3) is 5.91 Å². The van der Waals surface area contributed by atoms with Crippen molar-refractivity contribution in [2.75, 3.05) is 6.61 Å². The Bertz CT molecular complexity index is 479. The molecule has 0 spiro atoms. The molecule has 5 heteroatoms. The minimum absolute atomic E-state index is 0.0828. The van der Waals surface area contributed by atoms with Crippen LogP contribution in [0.1, 0.15) is 38.5 Å². The van der Waals surface area contributed by atoms with Crippen molar-refractivity contribution >= 4 is 23.2 Å². The highest BCUT2D eigenvalue weighted by atomic mass is 35.5. The van der Waals surface area contributed by atoms with E-state index in [9.17, 15) is 4.79 Å². The Morgan fingerprint density at radius 3 is 2.60 bits per heavy atom. The van der Waals surface area contributed by atoms with Gasteiger partial charge in [0.15, 0.2) is 6.61 Å². The molecule has 1 saturated carbocycles. The van der Waals surface area contributed by atoms with Crippen molar-refractivity contribution < 1.29 is 9.53 Å². The molecule has 108 valence electrons. The first kappa shape index (κ1) is 14.9. The van der Waals surface area contributed by atoms with E-state index >= 15 is 0 Å². The average Bonchev–Trinajstić information content (AvgIpc) is 2.73. The molecule has 0 unspecified atom stereocenters. The molecule has 0 aliphatic heterocycles. The second kappa shape index (κ2) is 7.90. The van der Waals surface area contributed by atoms with E-state index in [-0.39, 0.29) is 12.5 Å². The van der Waals surface area contributed by atoms with Gasteiger partial charge in [0, 0.05) is 5.71 Å². The number of nitrogens with zero attached hydrogens (tertiary/aromatic N) is 1. The maximum absolute atomic E-state index is 11.7. The minimum Gasteiger partial charge on any atom is -0.482 e. The molecule has 0 radical (unpaired) electrons. The van der Waals surface area contributed by atoms with Gasteiger partial charge in [-0.3, -0.25) is 4.79 Å². The van der Waals surface area contributed by atoms with Crippen LogP contribution in [0.5, 0.6) is 5.75 Å². The highest BCUT2D eigenvalue weighted by Crippen LogP contribution is 2.22. The van der Waals surface area contributed by atoms with Crippen molar-refractivity contribution in [3.05, 3.63) is 29.3 Å². The molecule has 1 aromatic carbocycles. The van der Waals surface area contributed by atoms with Crippen molar-refractivity contribution in [1.82, 2.24) is 5.43 Å². The summed E-state index contributed by atoms with van der Waals surface area (Å²) in [6.07, 6.45) is 6.78. The van der Waals surface area contributed by atoms with Crippen LogP contribution in [0.3, 0.4) is 0 Å². The van der Waals surface area contributed by atoms with Gasteiger partial charge in [-0.2, -0.15) is 5.10 Å². The predicted octanol–water partition coefficient (Wildman–Crippen LogP) is 3.55. The molecule has 1 aliphatic carbocycles. The summed E-state index contributed by atoms with van der Waals surface area (Å²) in [6, 6.07) is 7.07. The molecule has 0 atom stereocenters. The number of hydrogen-bond donors (Lipinski definition) is 1. The van der Waals surface area contributed by atoms with Crippen LogP contribution in [0.15, 0.2) is 29.4 Å². The second-order valence-electron chi connectivity index (χ2n) is 4.85. The fourth-order valence-corrected chi connectivity index (χ4v) is 2.32. The van der Waals surface area contributed by atoms with E-state index in [0.29, 0.717) is 10.8 Å². The number of nitrogens with one attached hydrogen (secondary N) is 1. The second-order valence-corrected chi connectivity index (χ2v) is 5.25. The molecular weight excluding hydrogens is 276 g/mol. The van der Waals surface area contributed by atoms with Crippen LogP contribution in [0, 0.1) is 0 Å². The van der Waals surface area contributed by atoms with Crippen LogP contribution >= 0.6 is 11.6 Å². The van der Waals surface area contributed by atoms with Gasteiger partial charge in [-0.15, -0.1) is 0 Å². The smallest absolute Gasteiger partial charge is 0.277 e. The molecule has 1 amide bonds. The topological polar surface area (TPSA) is 50.7 Å². The Kier molecular flexibility index (Phi) is 5.87. The summed E-state index contributed by atoms with van der Waals surface area (Å²) < 4.78 is 5.35. The van der Waals surface area contributed by atoms with E-state index in [2.05, 4.69) is 10.5 Å². The standard InChI is InChI=1S/C15H19ClN2O2/c16-13-9-5-6-10-14(13)20-11-15(19)18-17-12-7-3-1-2-4-8-12/h5-6,9-10H,1-4,7-8,11H2,(H,18,19). The molecule has 1 aromatic rings. The van der Waals surface area contributed by atoms with Crippen LogP contribution in [-0.4, -0.2) is 18.2 Å². The summed E-state index contributed by atoms with van der Waals surface area (Å²) in [5.41, 5.74) is 3.63. The lowest BCUT2D eigenvalue weighted by Gasteiger charge is -2.07. The number of hydrazone groups is 1. The number of ether oxygens (including phenoxy) is 1. The van der Waals surface area contributed by atoms with Gasteiger partial charge in [-0.1, -0.05) is 36.6 Å². The highest BCUT2D eigenvalue weighted by molar-refractivity contribution is 6.32. The van der Waals surface area contributed by atoms with E-state index in [1.54, 1.807) is 12.1 Å². The fraction of sp³-hybridized carbons (Fsp3) is 0.467. The van der Waals surface area contributed by atoms with Gasteiger partial charge in [0.05, 0.1) is 5.02 Å². The zero-order valence-corrected chi connectivity index (χ0v) is 12.2. The minimum atomic E-state index is -0.262. The summed E-state index contributed by atoms with van der Waals surface area (Å²) in [5.74, 6) is 0.244. The highest BCUT2D eigenvalue weighted by Gasteiger charge is 2.08. The molecule has 4 nitrogen and oxygen atoms in total. The van der Waals surface area contributed by atoms with E-state index in [0.717, 1.165) is 31.4 Å². The lowest BCUT2D eigenvalue weighted by atomic mass is 10.2. The van der Waals surface area contributed by atoms with Crippen LogP contribution < -0.4 is 10.2 Å². The normalized spacial score (nSPS) is 15.3. The molecule has 0 heterocycles. The number of hydrogen-bond acceptors (Lipinski definition) is 3. The predicted molar refractivity (Wildman–Crippen MR) is 80.2 cm³/mol. The summed E-state index contributed by atoms with van der Waals surface area (Å²) in [4.78, 5) is 11.7. The number of halogens is 1. The summed E-state index contributed by atoms with van der Waals surface area (Å²) in [5, 5.41) is 4.68. The quantitative estimate of drug-likeness (QED) is 0.682. The van der Waals surface area contributed by atoms with Crippen molar-refractivity contribution in [1.29, 1.82) is 0 Å². The van der Waals surface area contributed by atoms with Gasteiger partial charge in [0.1, 0.15) is 5.75 Å². The molecule has 1 fully saturated rings. The zero-order chi connectivity index (χ0) is 14.2. The maximum Gasteiger partial charge on any atom is 0.277 e. The van der Waals surface area contributed by atoms with E-state index in [1.165, 1.54) is 12.8 Å². The maximum atomic E-state index is 11.7. The molecular formula is C15H19ClN2O2. The monoisotopic (exact) mass is 294 g/mol. The van der Waals surface area contributed by atoms with Crippen LogP contribution in [0.25, 0.3) is 0 Å². The Morgan fingerprint density at radius 1 is 1.20 bits per heavy atom. The number of para-hydroxylation sites is 1. The fourth-order valence-electron chi connectivity index (χ4n) is 2.13. The van der Waals surface area contributed by atoms with E-state index < -0.39 is 0 Å². The first-order valence-corrected chi connectivity index (χ1v) is 7.35. The number of benzene rings is 1. The third kappa shape index (κ3) is 4.85. The van der Waals surface area contributed by atoms with Gasteiger partial charge in [-0.05, 0) is 37.8 Å². The number of carbonyl (C=O) groups is 1. The van der Waals surface area contributed by atoms with E-state index in [4.69, 9.17) is 16.3 Å². The third-order valence-corrected chi connectivity index (χ3v) is 3.53. The lowest BCUT2D eigenvalue weighted by molar-refractivity contribution is -0.123. The lowest BCUT2D eigenvalue weighted by Crippen LogP contribution is -2.25. The number of carbonyl (C=O) groups excluding carboxylic acids is 1. The average molecular weight is 295 g/mol. The van der Waals surface area contributed by atoms with Gasteiger partial charge < -0.3 is 4.74 Å². The van der Waals surface area contributed by atoms with Crippen LogP contribution in [0.2, 0.25) is 5.02 Å². The summed E-state index contributed by atoms with van der Waals surface area (Å²) >= 11 is 5.94. The molecule has 20 heavy (non-hydrogen) atoms. The Labute approximate surface area is 124 Å². The van der Waals surface area contributed by atoms with Gasteiger partial charge in [0.2, 0.25) is 0 Å². The number of amides is 1. The first-order valence-electron chi connectivity index (χ1n) is 6.97. The van der Waals surface area contributed by atoms with Crippen molar-refractivity contribution in [2.45, 2.75) is 38.5 Å². The Hall–Kier alpha value is -1.55. The van der Waals surface area contributed by atoms with E-state index in [1.807, 2.05) is 12.1 Å². The molecule has 0 bridgehead atoms. The summed E-state index contributed by atoms with van der Waals surface area (Å²) in [7, 11) is 0. The Morgan fingerprint density at radius 2 is 1.90 bits per heavy atom. The summed E-state index contributed by atoms with van der Waals surface area (Å²) in [6.45, 7) is -0.0828. The number of rotatable bonds is 4.